The predicted octanol–water partition coefficient (Wildman–Crippen LogP) is 4.48. The Bertz CT molecular complexity index is 1650. The summed E-state index contributed by atoms with van der Waals surface area (Å²) in [6, 6.07) is -0.987. The number of unbranched alkanes of at least 4 members (excludes halogenated alkanes) is 17. The molecule has 3 rings (SSSR count). The third kappa shape index (κ3) is 25.9. The van der Waals surface area contributed by atoms with Crippen LogP contribution in [-0.4, -0.2) is 193 Å². The van der Waals surface area contributed by atoms with E-state index in [-0.39, 0.29) is 18.9 Å². The summed E-state index contributed by atoms with van der Waals surface area (Å²) < 4.78 is 34.2. The Labute approximate surface area is 458 Å². The van der Waals surface area contributed by atoms with Gasteiger partial charge in [-0.05, 0) is 57.8 Å². The second-order valence-corrected chi connectivity index (χ2v) is 20.7. The molecule has 3 saturated heterocycles. The highest BCUT2D eigenvalue weighted by Gasteiger charge is 2.53. The molecule has 0 bridgehead atoms. The highest BCUT2D eigenvalue weighted by atomic mass is 16.8. The van der Waals surface area contributed by atoms with Gasteiger partial charge in [-0.3, -0.25) is 4.79 Å². The number of rotatable bonds is 41. The first kappa shape index (κ1) is 68.8. The average molecular weight is 1100 g/mol. The molecular weight excluding hydrogens is 999 g/mol. The van der Waals surface area contributed by atoms with Gasteiger partial charge in [0.15, 0.2) is 18.9 Å². The minimum Gasteiger partial charge on any atom is -0.394 e. The van der Waals surface area contributed by atoms with E-state index in [0.29, 0.717) is 6.42 Å². The van der Waals surface area contributed by atoms with Crippen molar-refractivity contribution in [1.82, 2.24) is 5.32 Å². The van der Waals surface area contributed by atoms with Gasteiger partial charge in [0.1, 0.15) is 73.2 Å². The van der Waals surface area contributed by atoms with Crippen molar-refractivity contribution in [3.05, 3.63) is 60.8 Å². The summed E-state index contributed by atoms with van der Waals surface area (Å²) in [5.74, 6) is -0.302. The number of nitrogens with one attached hydrogen (secondary N) is 1. The van der Waals surface area contributed by atoms with Crippen LogP contribution in [0.25, 0.3) is 0 Å². The Kier molecular flexibility index (Phi) is 37.0. The normalized spacial score (nSPS) is 31.2. The molecule has 1 amide bonds. The summed E-state index contributed by atoms with van der Waals surface area (Å²) in [5, 5.41) is 120. The molecule has 0 aromatic carbocycles. The van der Waals surface area contributed by atoms with Gasteiger partial charge >= 0.3 is 0 Å². The van der Waals surface area contributed by atoms with Crippen LogP contribution in [0.15, 0.2) is 60.8 Å². The Morgan fingerprint density at radius 1 is 0.481 bits per heavy atom. The fourth-order valence-electron chi connectivity index (χ4n) is 9.53. The van der Waals surface area contributed by atoms with E-state index in [0.717, 1.165) is 77.0 Å². The molecule has 446 valence electrons. The molecule has 0 aromatic heterocycles. The fraction of sp³-hybridized carbons (Fsp3) is 0.810. The van der Waals surface area contributed by atoms with Crippen LogP contribution in [0.2, 0.25) is 0 Å². The van der Waals surface area contributed by atoms with E-state index < -0.39 is 124 Å². The standard InChI is InChI=1S/C58H101NO18/c1-3-5-7-9-11-13-15-17-19-20-22-24-26-28-30-32-34-36-46(64)59-41(42(63)35-33-31-29-27-25-23-21-18-16-14-12-10-8-6-4-2)40-72-56-52(70)49(67)54(44(38-61)74-56)77-58-53(71)50(68)55(45(39-62)75-58)76-57-51(69)48(66)47(65)43(37-60)73-57/h5,7,11,13,17,19,22,24,33,35,41-45,47-58,60-63,65-71H,3-4,6,8-10,12,14-16,18,20-21,23,25-32,34,36-40H2,1-2H3,(H,59,64)/b7-5-,13-11-,19-17-,24-22-,35-33+. The van der Waals surface area contributed by atoms with Gasteiger partial charge in [-0.15, -0.1) is 0 Å². The highest BCUT2D eigenvalue weighted by Crippen LogP contribution is 2.33. The largest absolute Gasteiger partial charge is 0.394 e. The lowest BCUT2D eigenvalue weighted by Crippen LogP contribution is -2.66. The highest BCUT2D eigenvalue weighted by molar-refractivity contribution is 5.76. The van der Waals surface area contributed by atoms with E-state index in [9.17, 15) is 61.0 Å². The molecule has 77 heavy (non-hydrogen) atoms. The molecule has 3 fully saturated rings. The fourth-order valence-corrected chi connectivity index (χ4v) is 9.53. The van der Waals surface area contributed by atoms with Crippen molar-refractivity contribution < 1.29 is 89.4 Å². The molecular formula is C58H101NO18. The van der Waals surface area contributed by atoms with Crippen molar-refractivity contribution in [3.8, 4) is 0 Å². The average Bonchev–Trinajstić information content (AvgIpc) is 3.44. The van der Waals surface area contributed by atoms with Gasteiger partial charge in [-0.1, -0.05) is 164 Å². The summed E-state index contributed by atoms with van der Waals surface area (Å²) in [5.41, 5.74) is 0. The molecule has 17 unspecified atom stereocenters. The second-order valence-electron chi connectivity index (χ2n) is 20.7. The minimum atomic E-state index is -1.98. The number of allylic oxidation sites excluding steroid dienone is 9. The van der Waals surface area contributed by atoms with E-state index in [4.69, 9.17) is 28.4 Å². The first-order chi connectivity index (χ1) is 37.3. The number of carbonyl (C=O) groups excluding carboxylic acids is 1. The van der Waals surface area contributed by atoms with Crippen molar-refractivity contribution in [1.29, 1.82) is 0 Å². The third-order valence-corrected chi connectivity index (χ3v) is 14.3. The number of ether oxygens (including phenoxy) is 6. The number of amides is 1. The SMILES string of the molecule is CC/C=C\C/C=C\C/C=C\C/C=C\CCCCCCC(=O)NC(COC1OC(CO)C(OC2OC(CO)C(OC3OC(CO)C(O)C(O)C3O)C(O)C2O)C(O)C1O)C(O)/C=C/CCCCCCCCCCCCCCC. The zero-order chi connectivity index (χ0) is 56.2. The first-order valence-electron chi connectivity index (χ1n) is 29.0. The zero-order valence-corrected chi connectivity index (χ0v) is 46.2. The minimum absolute atomic E-state index is 0.213. The van der Waals surface area contributed by atoms with Gasteiger partial charge < -0.3 is 89.9 Å². The Balaban J connectivity index is 1.53. The molecule has 17 atom stereocenters. The summed E-state index contributed by atoms with van der Waals surface area (Å²) in [6.45, 7) is 1.56. The number of carbonyl (C=O) groups is 1. The van der Waals surface area contributed by atoms with Gasteiger partial charge in [0.05, 0.1) is 38.6 Å². The van der Waals surface area contributed by atoms with Crippen molar-refractivity contribution in [2.24, 2.45) is 0 Å². The Morgan fingerprint density at radius 3 is 1.40 bits per heavy atom. The van der Waals surface area contributed by atoms with Gasteiger partial charge in [0.25, 0.3) is 0 Å². The van der Waals surface area contributed by atoms with E-state index >= 15 is 0 Å². The third-order valence-electron chi connectivity index (χ3n) is 14.3. The lowest BCUT2D eigenvalue weighted by Gasteiger charge is -2.48. The zero-order valence-electron chi connectivity index (χ0n) is 46.2. The van der Waals surface area contributed by atoms with E-state index in [1.165, 1.54) is 64.2 Å². The van der Waals surface area contributed by atoms with Crippen LogP contribution in [0.5, 0.6) is 0 Å². The molecule has 19 heteroatoms. The van der Waals surface area contributed by atoms with Crippen LogP contribution in [0.3, 0.4) is 0 Å². The Hall–Kier alpha value is -2.51. The number of hydrogen-bond acceptors (Lipinski definition) is 18. The molecule has 0 aromatic rings. The predicted molar refractivity (Wildman–Crippen MR) is 291 cm³/mol. The molecule has 3 aliphatic heterocycles. The van der Waals surface area contributed by atoms with E-state index in [2.05, 4.69) is 67.8 Å². The molecule has 19 nitrogen and oxygen atoms in total. The van der Waals surface area contributed by atoms with Crippen molar-refractivity contribution in [3.63, 3.8) is 0 Å². The molecule has 3 heterocycles. The summed E-state index contributed by atoms with van der Waals surface area (Å²) >= 11 is 0. The van der Waals surface area contributed by atoms with Crippen LogP contribution in [0, 0.1) is 0 Å². The van der Waals surface area contributed by atoms with Crippen LogP contribution in [0.4, 0.5) is 0 Å². The smallest absolute Gasteiger partial charge is 0.220 e. The maximum absolute atomic E-state index is 13.3. The monoisotopic (exact) mass is 1100 g/mol. The van der Waals surface area contributed by atoms with Crippen LogP contribution in [-0.2, 0) is 33.2 Å². The van der Waals surface area contributed by atoms with Crippen LogP contribution >= 0.6 is 0 Å². The van der Waals surface area contributed by atoms with Gasteiger partial charge in [-0.2, -0.15) is 0 Å². The maximum Gasteiger partial charge on any atom is 0.220 e. The van der Waals surface area contributed by atoms with Gasteiger partial charge in [-0.25, -0.2) is 0 Å². The van der Waals surface area contributed by atoms with Crippen molar-refractivity contribution in [2.75, 3.05) is 26.4 Å². The topological polar surface area (TPSA) is 307 Å². The molecule has 0 radical (unpaired) electrons. The van der Waals surface area contributed by atoms with Gasteiger partial charge in [0, 0.05) is 6.42 Å². The maximum atomic E-state index is 13.3. The van der Waals surface area contributed by atoms with Crippen molar-refractivity contribution in [2.45, 2.75) is 272 Å². The summed E-state index contributed by atoms with van der Waals surface area (Å²) in [6.07, 6.45) is 19.1. The number of aliphatic hydroxyl groups excluding tert-OH is 11. The van der Waals surface area contributed by atoms with E-state index in [1.54, 1.807) is 6.08 Å². The van der Waals surface area contributed by atoms with Gasteiger partial charge in [0.2, 0.25) is 5.91 Å². The Morgan fingerprint density at radius 2 is 0.896 bits per heavy atom. The summed E-state index contributed by atoms with van der Waals surface area (Å²) in [7, 11) is 0. The first-order valence-corrected chi connectivity index (χ1v) is 29.0. The van der Waals surface area contributed by atoms with Crippen molar-refractivity contribution >= 4 is 5.91 Å². The summed E-state index contributed by atoms with van der Waals surface area (Å²) in [4.78, 5) is 13.3. The lowest BCUT2D eigenvalue weighted by molar-refractivity contribution is -0.379. The lowest BCUT2D eigenvalue weighted by atomic mass is 9.96. The number of aliphatic hydroxyl groups is 11. The molecule has 0 saturated carbocycles. The molecule has 12 N–H and O–H groups in total. The van der Waals surface area contributed by atoms with E-state index in [1.807, 2.05) is 6.08 Å². The quantitative estimate of drug-likeness (QED) is 0.0297. The number of hydrogen-bond donors (Lipinski definition) is 12. The van der Waals surface area contributed by atoms with Crippen LogP contribution < -0.4 is 5.32 Å². The second kappa shape index (κ2) is 41.5. The van der Waals surface area contributed by atoms with Crippen LogP contribution in [0.1, 0.15) is 168 Å². The molecule has 3 aliphatic rings. The molecule has 0 spiro atoms. The molecule has 0 aliphatic carbocycles.